The average molecular weight is 189 g/mol. The van der Waals surface area contributed by atoms with Gasteiger partial charge in [0.1, 0.15) is 6.79 Å². The van der Waals surface area contributed by atoms with Crippen LogP contribution in [0, 0.1) is 0 Å². The van der Waals surface area contributed by atoms with Crippen molar-refractivity contribution in [3.63, 3.8) is 0 Å². The van der Waals surface area contributed by atoms with E-state index in [0.29, 0.717) is 26.0 Å². The van der Waals surface area contributed by atoms with Crippen LogP contribution < -0.4 is 5.73 Å². The highest BCUT2D eigenvalue weighted by atomic mass is 16.7. The number of hydrogen-bond acceptors (Lipinski definition) is 4. The lowest BCUT2D eigenvalue weighted by atomic mass is 9.91. The summed E-state index contributed by atoms with van der Waals surface area (Å²) in [6.45, 7) is 1.16. The van der Waals surface area contributed by atoms with Crippen molar-refractivity contribution in [3.05, 3.63) is 0 Å². The molecule has 5 nitrogen and oxygen atoms in total. The molecular weight excluding hydrogens is 174 g/mol. The molecule has 3 N–H and O–H groups in total. The molecule has 0 saturated carbocycles. The molecular formula is C8H15NO4. The summed E-state index contributed by atoms with van der Waals surface area (Å²) in [5, 5.41) is 8.70. The Morgan fingerprint density at radius 1 is 1.62 bits per heavy atom. The van der Waals surface area contributed by atoms with Gasteiger partial charge in [-0.25, -0.2) is 0 Å². The van der Waals surface area contributed by atoms with E-state index in [4.69, 9.17) is 20.3 Å². The van der Waals surface area contributed by atoms with Gasteiger partial charge in [0.15, 0.2) is 0 Å². The van der Waals surface area contributed by atoms with Crippen LogP contribution in [0.3, 0.4) is 0 Å². The second-order valence-electron chi connectivity index (χ2n) is 3.21. The first-order valence-corrected chi connectivity index (χ1v) is 4.32. The van der Waals surface area contributed by atoms with Gasteiger partial charge in [0.25, 0.3) is 0 Å². The Balaban J connectivity index is 2.55. The third-order valence-corrected chi connectivity index (χ3v) is 2.22. The van der Waals surface area contributed by atoms with Crippen LogP contribution >= 0.6 is 0 Å². The maximum atomic E-state index is 10.6. The molecule has 0 aliphatic carbocycles. The fraction of sp³-hybridized carbons (Fsp3) is 0.875. The molecule has 0 amide bonds. The summed E-state index contributed by atoms with van der Waals surface area (Å²) in [5.74, 6) is -0.852. The molecule has 1 atom stereocenters. The zero-order chi connectivity index (χ0) is 9.73. The number of carboxylic acids is 1. The predicted octanol–water partition coefficient (Wildman–Crippen LogP) is -0.0569. The topological polar surface area (TPSA) is 81.8 Å². The smallest absolute Gasteiger partial charge is 0.306 e. The average Bonchev–Trinajstić information content (AvgIpc) is 2.04. The zero-order valence-electron chi connectivity index (χ0n) is 7.49. The molecule has 1 saturated heterocycles. The van der Waals surface area contributed by atoms with Crippen LogP contribution in [0.5, 0.6) is 0 Å². The molecule has 0 aromatic heterocycles. The van der Waals surface area contributed by atoms with Crippen LogP contribution in [0.25, 0.3) is 0 Å². The van der Waals surface area contributed by atoms with Crippen molar-refractivity contribution >= 4 is 5.97 Å². The normalized spacial score (nSPS) is 28.7. The minimum atomic E-state index is -0.852. The van der Waals surface area contributed by atoms with Crippen LogP contribution in [-0.4, -0.2) is 36.6 Å². The maximum Gasteiger partial charge on any atom is 0.306 e. The number of rotatable bonds is 4. The van der Waals surface area contributed by atoms with Crippen molar-refractivity contribution < 1.29 is 19.4 Å². The highest BCUT2D eigenvalue weighted by Gasteiger charge is 2.35. The third kappa shape index (κ3) is 2.95. The van der Waals surface area contributed by atoms with E-state index < -0.39 is 11.6 Å². The van der Waals surface area contributed by atoms with E-state index in [9.17, 15) is 4.79 Å². The molecule has 1 heterocycles. The molecule has 1 aliphatic heterocycles. The summed E-state index contributed by atoms with van der Waals surface area (Å²) in [6.07, 6.45) is 1.19. The molecule has 0 aromatic rings. The molecule has 1 rings (SSSR count). The second-order valence-corrected chi connectivity index (χ2v) is 3.21. The summed E-state index contributed by atoms with van der Waals surface area (Å²) in [7, 11) is 0. The van der Waals surface area contributed by atoms with E-state index in [2.05, 4.69) is 0 Å². The molecule has 1 aliphatic rings. The lowest BCUT2D eigenvalue weighted by molar-refractivity contribution is -0.202. The number of carboxylic acid groups (broad SMARTS) is 1. The Bertz CT molecular complexity index is 171. The number of carbonyl (C=O) groups is 1. The van der Waals surface area contributed by atoms with E-state index in [1.165, 1.54) is 0 Å². The highest BCUT2D eigenvalue weighted by molar-refractivity contribution is 5.68. The van der Waals surface area contributed by atoms with Crippen molar-refractivity contribution in [1.82, 2.24) is 0 Å². The van der Waals surface area contributed by atoms with Crippen LogP contribution in [0.2, 0.25) is 0 Å². The van der Waals surface area contributed by atoms with Crippen molar-refractivity contribution in [2.24, 2.45) is 5.73 Å². The Kier molecular flexibility index (Phi) is 3.65. The number of hydrogen-bond donors (Lipinski definition) is 2. The zero-order valence-corrected chi connectivity index (χ0v) is 7.49. The van der Waals surface area contributed by atoms with Crippen molar-refractivity contribution in [1.29, 1.82) is 0 Å². The van der Waals surface area contributed by atoms with E-state index in [-0.39, 0.29) is 13.2 Å². The van der Waals surface area contributed by atoms with Crippen LogP contribution in [0.1, 0.15) is 19.3 Å². The van der Waals surface area contributed by atoms with Gasteiger partial charge in [0.05, 0.1) is 18.6 Å². The number of aliphatic carboxylic acids is 1. The van der Waals surface area contributed by atoms with Gasteiger partial charge in [-0.1, -0.05) is 0 Å². The largest absolute Gasteiger partial charge is 0.481 e. The Labute approximate surface area is 76.8 Å². The molecule has 0 unspecified atom stereocenters. The summed E-state index contributed by atoms with van der Waals surface area (Å²) < 4.78 is 10.3. The summed E-state index contributed by atoms with van der Waals surface area (Å²) in [6, 6.07) is 0. The quantitative estimate of drug-likeness (QED) is 0.647. The minimum Gasteiger partial charge on any atom is -0.481 e. The van der Waals surface area contributed by atoms with E-state index in [1.54, 1.807) is 0 Å². The summed E-state index contributed by atoms with van der Waals surface area (Å²) in [5.41, 5.74) is 4.81. The monoisotopic (exact) mass is 189 g/mol. The van der Waals surface area contributed by atoms with Gasteiger partial charge in [-0.2, -0.15) is 0 Å². The number of ether oxygens (including phenoxy) is 2. The Hall–Kier alpha value is -0.650. The molecule has 0 aromatic carbocycles. The highest BCUT2D eigenvalue weighted by Crippen LogP contribution is 2.27. The molecule has 0 bridgehead atoms. The lowest BCUT2D eigenvalue weighted by Crippen LogP contribution is -2.42. The first kappa shape index (κ1) is 10.4. The molecule has 76 valence electrons. The van der Waals surface area contributed by atoms with E-state index in [0.717, 1.165) is 0 Å². The molecule has 0 spiro atoms. The van der Waals surface area contributed by atoms with Gasteiger partial charge in [-0.15, -0.1) is 0 Å². The molecule has 1 fully saturated rings. The van der Waals surface area contributed by atoms with E-state index in [1.807, 2.05) is 0 Å². The van der Waals surface area contributed by atoms with Gasteiger partial charge >= 0.3 is 5.97 Å². The van der Waals surface area contributed by atoms with Crippen LogP contribution in [-0.2, 0) is 14.3 Å². The van der Waals surface area contributed by atoms with Gasteiger partial charge in [-0.3, -0.25) is 4.79 Å². The van der Waals surface area contributed by atoms with Gasteiger partial charge in [0.2, 0.25) is 0 Å². The second kappa shape index (κ2) is 4.55. The summed E-state index contributed by atoms with van der Waals surface area (Å²) in [4.78, 5) is 10.6. The van der Waals surface area contributed by atoms with Crippen molar-refractivity contribution in [3.8, 4) is 0 Å². The molecule has 0 radical (unpaired) electrons. The van der Waals surface area contributed by atoms with Crippen LogP contribution in [0.4, 0.5) is 0 Å². The van der Waals surface area contributed by atoms with Crippen LogP contribution in [0.15, 0.2) is 0 Å². The predicted molar refractivity (Wildman–Crippen MR) is 45.2 cm³/mol. The first-order valence-electron chi connectivity index (χ1n) is 4.32. The fourth-order valence-electron chi connectivity index (χ4n) is 1.52. The standard InChI is InChI=1S/C8H15NO4/c9-3-1-8(5-7(10)11)2-4-12-6-13-8/h1-6,9H2,(H,10,11)/t8-/m0/s1. The van der Waals surface area contributed by atoms with Gasteiger partial charge in [-0.05, 0) is 13.0 Å². The fourth-order valence-corrected chi connectivity index (χ4v) is 1.52. The Morgan fingerprint density at radius 3 is 2.85 bits per heavy atom. The van der Waals surface area contributed by atoms with Crippen molar-refractivity contribution in [2.45, 2.75) is 24.9 Å². The van der Waals surface area contributed by atoms with Crippen molar-refractivity contribution in [2.75, 3.05) is 19.9 Å². The molecule has 13 heavy (non-hydrogen) atoms. The maximum absolute atomic E-state index is 10.6. The van der Waals surface area contributed by atoms with E-state index >= 15 is 0 Å². The Morgan fingerprint density at radius 2 is 2.38 bits per heavy atom. The number of nitrogens with two attached hydrogens (primary N) is 1. The molecule has 5 heteroatoms. The third-order valence-electron chi connectivity index (χ3n) is 2.22. The first-order chi connectivity index (χ1) is 6.18. The van der Waals surface area contributed by atoms with Gasteiger partial charge in [0, 0.05) is 6.42 Å². The lowest BCUT2D eigenvalue weighted by Gasteiger charge is -2.35. The SMILES string of the molecule is NCC[C@@]1(CC(=O)O)CCOCO1. The summed E-state index contributed by atoms with van der Waals surface area (Å²) >= 11 is 0. The minimum absolute atomic E-state index is 0.00750. The van der Waals surface area contributed by atoms with Gasteiger partial charge < -0.3 is 20.3 Å².